The van der Waals surface area contributed by atoms with E-state index in [0.717, 1.165) is 5.56 Å². The van der Waals surface area contributed by atoms with Crippen LogP contribution < -0.4 is 0 Å². The van der Waals surface area contributed by atoms with E-state index < -0.39 is 0 Å². The highest BCUT2D eigenvalue weighted by atomic mass is 16.3. The summed E-state index contributed by atoms with van der Waals surface area (Å²) in [5.41, 5.74) is 0.741. The minimum atomic E-state index is -0.137. The first-order valence-electron chi connectivity index (χ1n) is 4.52. The van der Waals surface area contributed by atoms with E-state index >= 15 is 0 Å². The molecule has 0 aliphatic carbocycles. The average Bonchev–Trinajstić information content (AvgIpc) is 2.18. The van der Waals surface area contributed by atoms with Crippen LogP contribution in [-0.4, -0.2) is 29.5 Å². The molecule has 4 heteroatoms. The van der Waals surface area contributed by atoms with Gasteiger partial charge in [-0.05, 0) is 17.7 Å². The minimum Gasteiger partial charge on any atom is -0.508 e. The summed E-state index contributed by atoms with van der Waals surface area (Å²) in [5, 5.41) is 17.6. The molecule has 0 saturated carbocycles. The Kier molecular flexibility index (Phi) is 3.69. The van der Waals surface area contributed by atoms with Gasteiger partial charge in [0, 0.05) is 7.05 Å². The fourth-order valence-electron chi connectivity index (χ4n) is 1.17. The lowest BCUT2D eigenvalue weighted by Crippen LogP contribution is -2.28. The second-order valence-electron chi connectivity index (χ2n) is 3.25. The van der Waals surface area contributed by atoms with Gasteiger partial charge in [-0.3, -0.25) is 4.79 Å². The summed E-state index contributed by atoms with van der Waals surface area (Å²) in [4.78, 5) is 12.9. The maximum atomic E-state index is 11.5. The molecule has 0 bridgehead atoms. The van der Waals surface area contributed by atoms with Gasteiger partial charge in [0.2, 0.25) is 5.91 Å². The standard InChI is InChI=1S/C11H12N2O2/c1-13(6-5-12)11(15)8-9-3-2-4-10(14)7-9/h2-4,7,14H,6,8H2,1H3. The summed E-state index contributed by atoms with van der Waals surface area (Å²) in [5.74, 6) is 0.00499. The van der Waals surface area contributed by atoms with Gasteiger partial charge in [-0.2, -0.15) is 5.26 Å². The number of nitrogens with zero attached hydrogens (tertiary/aromatic N) is 2. The van der Waals surface area contributed by atoms with Crippen LogP contribution in [0.4, 0.5) is 0 Å². The Labute approximate surface area is 88.4 Å². The van der Waals surface area contributed by atoms with Crippen LogP contribution in [-0.2, 0) is 11.2 Å². The predicted octanol–water partition coefficient (Wildman–Crippen LogP) is 0.917. The quantitative estimate of drug-likeness (QED) is 0.744. The van der Waals surface area contributed by atoms with E-state index in [1.165, 1.54) is 11.0 Å². The second kappa shape index (κ2) is 5.01. The molecular formula is C11H12N2O2. The largest absolute Gasteiger partial charge is 0.508 e. The number of phenols is 1. The molecule has 0 saturated heterocycles. The van der Waals surface area contributed by atoms with Crippen LogP contribution in [0.2, 0.25) is 0 Å². The lowest BCUT2D eigenvalue weighted by Gasteiger charge is -2.12. The Hall–Kier alpha value is -2.02. The maximum Gasteiger partial charge on any atom is 0.227 e. The summed E-state index contributed by atoms with van der Waals surface area (Å²) < 4.78 is 0. The van der Waals surface area contributed by atoms with Crippen molar-refractivity contribution in [2.24, 2.45) is 0 Å². The van der Waals surface area contributed by atoms with E-state index in [0.29, 0.717) is 0 Å². The monoisotopic (exact) mass is 204 g/mol. The Morgan fingerprint density at radius 2 is 2.33 bits per heavy atom. The van der Waals surface area contributed by atoms with Gasteiger partial charge in [-0.25, -0.2) is 0 Å². The van der Waals surface area contributed by atoms with Crippen LogP contribution in [0.1, 0.15) is 5.56 Å². The lowest BCUT2D eigenvalue weighted by molar-refractivity contribution is -0.128. The number of carbonyl (C=O) groups excluding carboxylic acids is 1. The molecule has 1 aromatic carbocycles. The third kappa shape index (κ3) is 3.31. The van der Waals surface area contributed by atoms with E-state index in [-0.39, 0.29) is 24.6 Å². The Morgan fingerprint density at radius 1 is 1.60 bits per heavy atom. The number of hydrogen-bond donors (Lipinski definition) is 1. The third-order valence-corrected chi connectivity index (χ3v) is 2.00. The molecule has 0 radical (unpaired) electrons. The molecule has 4 nitrogen and oxygen atoms in total. The Bertz CT molecular complexity index is 396. The molecule has 1 aromatic rings. The first kappa shape index (κ1) is 11.1. The van der Waals surface area contributed by atoms with Gasteiger partial charge in [0.25, 0.3) is 0 Å². The molecule has 1 amide bonds. The lowest BCUT2D eigenvalue weighted by atomic mass is 10.1. The van der Waals surface area contributed by atoms with Crippen LogP contribution in [0.3, 0.4) is 0 Å². The van der Waals surface area contributed by atoms with Crippen molar-refractivity contribution in [1.29, 1.82) is 5.26 Å². The van der Waals surface area contributed by atoms with Crippen molar-refractivity contribution < 1.29 is 9.90 Å². The highest BCUT2D eigenvalue weighted by Crippen LogP contribution is 2.11. The smallest absolute Gasteiger partial charge is 0.227 e. The van der Waals surface area contributed by atoms with Gasteiger partial charge in [0.1, 0.15) is 12.3 Å². The van der Waals surface area contributed by atoms with Crippen molar-refractivity contribution in [2.75, 3.05) is 13.6 Å². The van der Waals surface area contributed by atoms with Crippen molar-refractivity contribution in [2.45, 2.75) is 6.42 Å². The van der Waals surface area contributed by atoms with Gasteiger partial charge in [0.05, 0.1) is 12.5 Å². The van der Waals surface area contributed by atoms with E-state index in [2.05, 4.69) is 0 Å². The fourth-order valence-corrected chi connectivity index (χ4v) is 1.17. The zero-order valence-electron chi connectivity index (χ0n) is 8.47. The zero-order valence-corrected chi connectivity index (χ0v) is 8.47. The summed E-state index contributed by atoms with van der Waals surface area (Å²) in [6, 6.07) is 8.43. The van der Waals surface area contributed by atoms with Gasteiger partial charge in [-0.15, -0.1) is 0 Å². The topological polar surface area (TPSA) is 64.3 Å². The molecule has 0 unspecified atom stereocenters. The molecule has 0 heterocycles. The Balaban J connectivity index is 2.63. The van der Waals surface area contributed by atoms with Gasteiger partial charge < -0.3 is 10.0 Å². The first-order valence-corrected chi connectivity index (χ1v) is 4.52. The van der Waals surface area contributed by atoms with Crippen molar-refractivity contribution in [1.82, 2.24) is 4.90 Å². The van der Waals surface area contributed by atoms with Gasteiger partial charge in [0.15, 0.2) is 0 Å². The number of rotatable bonds is 3. The third-order valence-electron chi connectivity index (χ3n) is 2.00. The number of carbonyl (C=O) groups is 1. The van der Waals surface area contributed by atoms with Crippen LogP contribution in [0, 0.1) is 11.3 Å². The van der Waals surface area contributed by atoms with Crippen molar-refractivity contribution in [3.8, 4) is 11.8 Å². The van der Waals surface area contributed by atoms with Crippen molar-refractivity contribution in [3.63, 3.8) is 0 Å². The summed E-state index contributed by atoms with van der Waals surface area (Å²) >= 11 is 0. The highest BCUT2D eigenvalue weighted by Gasteiger charge is 2.08. The molecule has 1 N–H and O–H groups in total. The van der Waals surface area contributed by atoms with Gasteiger partial charge in [-0.1, -0.05) is 12.1 Å². The highest BCUT2D eigenvalue weighted by molar-refractivity contribution is 5.78. The second-order valence-corrected chi connectivity index (χ2v) is 3.25. The molecule has 15 heavy (non-hydrogen) atoms. The van der Waals surface area contributed by atoms with E-state index in [1.807, 2.05) is 6.07 Å². The SMILES string of the molecule is CN(CC#N)C(=O)Cc1cccc(O)c1. The van der Waals surface area contributed by atoms with Crippen molar-refractivity contribution >= 4 is 5.91 Å². The number of amides is 1. The van der Waals surface area contributed by atoms with Crippen LogP contribution in [0.15, 0.2) is 24.3 Å². The number of phenolic OH excluding ortho intramolecular Hbond substituents is 1. The predicted molar refractivity (Wildman–Crippen MR) is 55.1 cm³/mol. The van der Waals surface area contributed by atoms with E-state index in [9.17, 15) is 9.90 Å². The average molecular weight is 204 g/mol. The van der Waals surface area contributed by atoms with Crippen LogP contribution >= 0.6 is 0 Å². The molecule has 0 atom stereocenters. The molecular weight excluding hydrogens is 192 g/mol. The summed E-state index contributed by atoms with van der Waals surface area (Å²) in [7, 11) is 1.58. The molecule has 78 valence electrons. The molecule has 0 aliphatic rings. The van der Waals surface area contributed by atoms with Crippen molar-refractivity contribution in [3.05, 3.63) is 29.8 Å². The number of aromatic hydroxyl groups is 1. The van der Waals surface area contributed by atoms with Crippen LogP contribution in [0.25, 0.3) is 0 Å². The summed E-state index contributed by atoms with van der Waals surface area (Å²) in [6.07, 6.45) is 0.201. The molecule has 0 aromatic heterocycles. The molecule has 0 fully saturated rings. The molecule has 1 rings (SSSR count). The van der Waals surface area contributed by atoms with E-state index in [4.69, 9.17) is 5.26 Å². The number of benzene rings is 1. The number of likely N-dealkylation sites (N-methyl/N-ethyl adjacent to an activating group) is 1. The molecule has 0 aliphatic heterocycles. The van der Waals surface area contributed by atoms with Crippen LogP contribution in [0.5, 0.6) is 5.75 Å². The minimum absolute atomic E-state index is 0.0810. The molecule has 0 spiro atoms. The Morgan fingerprint density at radius 3 is 2.93 bits per heavy atom. The zero-order chi connectivity index (χ0) is 11.3. The van der Waals surface area contributed by atoms with Gasteiger partial charge >= 0.3 is 0 Å². The maximum absolute atomic E-state index is 11.5. The first-order chi connectivity index (χ1) is 7.13. The van der Waals surface area contributed by atoms with E-state index in [1.54, 1.807) is 25.2 Å². The number of nitriles is 1. The summed E-state index contributed by atoms with van der Waals surface area (Å²) in [6.45, 7) is 0.0810. The fraction of sp³-hybridized carbons (Fsp3) is 0.273. The number of hydrogen-bond acceptors (Lipinski definition) is 3. The normalized spacial score (nSPS) is 9.33.